The summed E-state index contributed by atoms with van der Waals surface area (Å²) in [5.74, 6) is -0.276. The fourth-order valence-corrected chi connectivity index (χ4v) is 3.03. The maximum Gasteiger partial charge on any atom is 0.256 e. The number of hydrogen-bond donors (Lipinski definition) is 2. The smallest absolute Gasteiger partial charge is 0.256 e. The van der Waals surface area contributed by atoms with Gasteiger partial charge in [0.2, 0.25) is 0 Å². The van der Waals surface area contributed by atoms with Gasteiger partial charge >= 0.3 is 0 Å². The molecule has 1 amide bonds. The molecule has 9 heteroatoms. The van der Waals surface area contributed by atoms with Crippen LogP contribution in [-0.4, -0.2) is 35.2 Å². The monoisotopic (exact) mass is 436 g/mol. The average molecular weight is 437 g/mol. The quantitative estimate of drug-likeness (QED) is 0.300. The Morgan fingerprint density at radius 1 is 1.31 bits per heavy atom. The molecule has 0 bridgehead atoms. The van der Waals surface area contributed by atoms with Crippen molar-refractivity contribution in [2.45, 2.75) is 19.8 Å². The molecule has 6 nitrogen and oxygen atoms in total. The first-order valence-electron chi connectivity index (χ1n) is 9.03. The molecule has 0 spiro atoms. The summed E-state index contributed by atoms with van der Waals surface area (Å²) in [6, 6.07) is 9.30. The van der Waals surface area contributed by atoms with Crippen molar-refractivity contribution in [3.05, 3.63) is 57.8 Å². The number of aliphatic imine (C=N–C) groups is 1. The number of carbonyl (C=O) groups is 1. The number of amides is 1. The number of carbonyl (C=O) groups excluding carboxylic acids is 1. The summed E-state index contributed by atoms with van der Waals surface area (Å²) in [4.78, 5) is 17.0. The molecule has 1 aromatic heterocycles. The summed E-state index contributed by atoms with van der Waals surface area (Å²) >= 11 is 11.8. The minimum Gasteiger partial charge on any atom is -0.382 e. The summed E-state index contributed by atoms with van der Waals surface area (Å²) in [6.07, 6.45) is 1.09. The molecule has 0 aliphatic carbocycles. The van der Waals surface area contributed by atoms with Crippen LogP contribution in [0.15, 0.2) is 41.4 Å². The fraction of sp³-hybridized carbons (Fsp3) is 0.250. The van der Waals surface area contributed by atoms with Gasteiger partial charge in [0.05, 0.1) is 10.5 Å². The van der Waals surface area contributed by atoms with Crippen LogP contribution in [0.2, 0.25) is 10.0 Å². The lowest BCUT2D eigenvalue weighted by atomic mass is 10.2. The summed E-state index contributed by atoms with van der Waals surface area (Å²) < 4.78 is 19.2. The molecule has 2 N–H and O–H groups in total. The van der Waals surface area contributed by atoms with Crippen LogP contribution in [0.5, 0.6) is 0 Å². The summed E-state index contributed by atoms with van der Waals surface area (Å²) in [5.41, 5.74) is 0.949. The van der Waals surface area contributed by atoms with Crippen LogP contribution in [0.1, 0.15) is 30.1 Å². The Labute approximate surface area is 177 Å². The second-order valence-electron chi connectivity index (χ2n) is 6.18. The average Bonchev–Trinajstić information content (AvgIpc) is 3.07. The second kappa shape index (κ2) is 9.82. The van der Waals surface area contributed by atoms with Gasteiger partial charge in [-0.3, -0.25) is 9.89 Å². The number of nitrogens with one attached hydrogen (secondary N) is 2. The van der Waals surface area contributed by atoms with Gasteiger partial charge in [-0.15, -0.1) is 0 Å². The molecule has 0 aliphatic rings. The van der Waals surface area contributed by atoms with E-state index in [0.717, 1.165) is 0 Å². The van der Waals surface area contributed by atoms with Gasteiger partial charge in [-0.25, -0.2) is 9.38 Å². The van der Waals surface area contributed by atoms with Gasteiger partial charge in [0, 0.05) is 35.6 Å². The topological polar surface area (TPSA) is 79.4 Å². The molecule has 152 valence electrons. The van der Waals surface area contributed by atoms with Gasteiger partial charge in [-0.2, -0.15) is 5.10 Å². The molecule has 1 heterocycles. The van der Waals surface area contributed by atoms with Crippen molar-refractivity contribution in [2.24, 2.45) is 4.99 Å². The molecule has 0 saturated carbocycles. The van der Waals surface area contributed by atoms with Crippen LogP contribution in [0.25, 0.3) is 10.9 Å². The molecule has 0 radical (unpaired) electrons. The second-order valence-corrected chi connectivity index (χ2v) is 7.03. The predicted octanol–water partition coefficient (Wildman–Crippen LogP) is 5.29. The SMILES string of the molecule is CCOCCCC(=Nc1n[nH]c2cc(Cl)c(F)cc12)NC(=O)c1cccc(Cl)c1. The highest BCUT2D eigenvalue weighted by molar-refractivity contribution is 6.31. The van der Waals surface area contributed by atoms with Gasteiger partial charge in [-0.1, -0.05) is 29.3 Å². The van der Waals surface area contributed by atoms with Crippen molar-refractivity contribution < 1.29 is 13.9 Å². The van der Waals surface area contributed by atoms with Crippen LogP contribution in [-0.2, 0) is 4.74 Å². The van der Waals surface area contributed by atoms with Crippen LogP contribution in [0.3, 0.4) is 0 Å². The molecule has 29 heavy (non-hydrogen) atoms. The highest BCUT2D eigenvalue weighted by Gasteiger charge is 2.13. The number of halogens is 3. The van der Waals surface area contributed by atoms with Gasteiger partial charge in [0.25, 0.3) is 5.91 Å². The fourth-order valence-electron chi connectivity index (χ4n) is 2.68. The molecule has 2 aromatic carbocycles. The number of fused-ring (bicyclic) bond motifs is 1. The van der Waals surface area contributed by atoms with E-state index in [1.807, 2.05) is 6.92 Å². The van der Waals surface area contributed by atoms with Crippen LogP contribution in [0.4, 0.5) is 10.2 Å². The number of ether oxygens (including phenoxy) is 1. The van der Waals surface area contributed by atoms with Crippen molar-refractivity contribution in [3.63, 3.8) is 0 Å². The third-order valence-corrected chi connectivity index (χ3v) is 4.60. The number of amidine groups is 1. The van der Waals surface area contributed by atoms with Gasteiger partial charge in [-0.05, 0) is 43.7 Å². The van der Waals surface area contributed by atoms with Crippen molar-refractivity contribution in [1.29, 1.82) is 0 Å². The molecular weight excluding hydrogens is 418 g/mol. The van der Waals surface area contributed by atoms with Crippen molar-refractivity contribution in [3.8, 4) is 0 Å². The summed E-state index contributed by atoms with van der Waals surface area (Å²) in [6.45, 7) is 3.03. The van der Waals surface area contributed by atoms with E-state index in [4.69, 9.17) is 27.9 Å². The molecule has 0 fully saturated rings. The Morgan fingerprint density at radius 3 is 2.90 bits per heavy atom. The molecule has 0 aliphatic heterocycles. The Morgan fingerprint density at radius 2 is 2.14 bits per heavy atom. The van der Waals surface area contributed by atoms with Gasteiger partial charge in [0.15, 0.2) is 5.82 Å². The van der Waals surface area contributed by atoms with E-state index in [-0.39, 0.29) is 16.7 Å². The number of aromatic amines is 1. The number of hydrogen-bond acceptors (Lipinski definition) is 4. The Balaban J connectivity index is 1.88. The lowest BCUT2D eigenvalue weighted by Crippen LogP contribution is -2.30. The standard InChI is InChI=1S/C20H19Cl2FN4O2/c1-2-29-8-4-7-18(25-20(28)12-5-3-6-13(21)9-12)24-19-14-10-16(23)15(22)11-17(14)26-27-19/h3,5-6,9-11H,2,4,7-8H2,1H3,(H2,24,25,26,27,28). The number of rotatable bonds is 7. The normalized spacial score (nSPS) is 11.8. The Bertz CT molecular complexity index is 1050. The van der Waals surface area contributed by atoms with E-state index in [2.05, 4.69) is 20.5 Å². The number of H-pyrrole nitrogens is 1. The summed E-state index contributed by atoms with van der Waals surface area (Å²) in [7, 11) is 0. The molecule has 0 saturated heterocycles. The van der Waals surface area contributed by atoms with Crippen molar-refractivity contribution in [2.75, 3.05) is 13.2 Å². The molecule has 0 unspecified atom stereocenters. The molecule has 3 aromatic rings. The first-order chi connectivity index (χ1) is 14.0. The van der Waals surface area contributed by atoms with E-state index in [1.165, 1.54) is 12.1 Å². The zero-order valence-electron chi connectivity index (χ0n) is 15.6. The largest absolute Gasteiger partial charge is 0.382 e. The van der Waals surface area contributed by atoms with E-state index in [1.54, 1.807) is 24.3 Å². The van der Waals surface area contributed by atoms with Crippen LogP contribution >= 0.6 is 23.2 Å². The van der Waals surface area contributed by atoms with Crippen molar-refractivity contribution in [1.82, 2.24) is 15.5 Å². The van der Waals surface area contributed by atoms with Gasteiger partial charge in [0.1, 0.15) is 11.7 Å². The Hall–Kier alpha value is -2.48. The highest BCUT2D eigenvalue weighted by atomic mass is 35.5. The maximum atomic E-state index is 13.9. The maximum absolute atomic E-state index is 13.9. The number of nitrogens with zero attached hydrogens (tertiary/aromatic N) is 2. The third kappa shape index (κ3) is 5.53. The molecule has 3 rings (SSSR count). The summed E-state index contributed by atoms with van der Waals surface area (Å²) in [5, 5.41) is 10.6. The molecular formula is C20H19Cl2FN4O2. The van der Waals surface area contributed by atoms with E-state index in [0.29, 0.717) is 53.4 Å². The zero-order valence-corrected chi connectivity index (χ0v) is 17.1. The Kier molecular flexibility index (Phi) is 7.19. The minimum atomic E-state index is -0.571. The lowest BCUT2D eigenvalue weighted by Gasteiger charge is -2.09. The van der Waals surface area contributed by atoms with Crippen LogP contribution in [0, 0.1) is 5.82 Å². The first kappa shape index (κ1) is 21.2. The number of aromatic nitrogens is 2. The van der Waals surface area contributed by atoms with E-state index in [9.17, 15) is 9.18 Å². The number of benzene rings is 2. The van der Waals surface area contributed by atoms with Gasteiger partial charge < -0.3 is 10.1 Å². The highest BCUT2D eigenvalue weighted by Crippen LogP contribution is 2.28. The minimum absolute atomic E-state index is 0.0112. The van der Waals surface area contributed by atoms with Crippen molar-refractivity contribution >= 4 is 51.7 Å². The first-order valence-corrected chi connectivity index (χ1v) is 9.79. The molecule has 0 atom stereocenters. The predicted molar refractivity (Wildman–Crippen MR) is 113 cm³/mol. The van der Waals surface area contributed by atoms with E-state index < -0.39 is 5.82 Å². The third-order valence-electron chi connectivity index (χ3n) is 4.08. The van der Waals surface area contributed by atoms with Crippen LogP contribution < -0.4 is 5.32 Å². The zero-order chi connectivity index (χ0) is 20.8. The van der Waals surface area contributed by atoms with E-state index >= 15 is 0 Å². The lowest BCUT2D eigenvalue weighted by molar-refractivity contribution is 0.0975.